The standard InChI is InChI=1S/C14H14N4O5/c1-22-11-4-2-3-10(7-11)15-9-13(19)17-16-8-12-5-6-14(23-12)18(20)21/h2-8,15H,9H2,1H3,(H,17,19)/b16-8-. The summed E-state index contributed by atoms with van der Waals surface area (Å²) >= 11 is 0. The zero-order chi connectivity index (χ0) is 16.7. The van der Waals surface area contributed by atoms with E-state index < -0.39 is 10.8 Å². The molecule has 0 aliphatic carbocycles. The number of ether oxygens (including phenoxy) is 1. The van der Waals surface area contributed by atoms with Crippen LogP contribution >= 0.6 is 0 Å². The van der Waals surface area contributed by atoms with Gasteiger partial charge in [0.1, 0.15) is 10.7 Å². The molecule has 23 heavy (non-hydrogen) atoms. The van der Waals surface area contributed by atoms with Crippen molar-refractivity contribution in [2.45, 2.75) is 0 Å². The molecule has 2 aromatic rings. The molecule has 9 nitrogen and oxygen atoms in total. The first-order valence-electron chi connectivity index (χ1n) is 6.52. The topological polar surface area (TPSA) is 119 Å². The molecule has 2 N–H and O–H groups in total. The van der Waals surface area contributed by atoms with Crippen LogP contribution in [0.5, 0.6) is 5.75 Å². The van der Waals surface area contributed by atoms with Crippen molar-refractivity contribution in [1.82, 2.24) is 5.43 Å². The predicted molar refractivity (Wildman–Crippen MR) is 82.6 cm³/mol. The van der Waals surface area contributed by atoms with Gasteiger partial charge in [-0.1, -0.05) is 6.07 Å². The maximum Gasteiger partial charge on any atom is 0.433 e. The van der Waals surface area contributed by atoms with E-state index in [1.54, 1.807) is 31.4 Å². The number of carbonyl (C=O) groups is 1. The van der Waals surface area contributed by atoms with Crippen LogP contribution in [-0.2, 0) is 4.79 Å². The number of methoxy groups -OCH3 is 1. The number of carbonyl (C=O) groups excluding carboxylic acids is 1. The van der Waals surface area contributed by atoms with Crippen LogP contribution in [0, 0.1) is 10.1 Å². The summed E-state index contributed by atoms with van der Waals surface area (Å²) in [5.41, 5.74) is 3.00. The molecule has 0 unspecified atom stereocenters. The number of nitro groups is 1. The summed E-state index contributed by atoms with van der Waals surface area (Å²) in [5.74, 6) is 0.0631. The Labute approximate surface area is 131 Å². The Hall–Kier alpha value is -3.36. The summed E-state index contributed by atoms with van der Waals surface area (Å²) in [6.07, 6.45) is 1.18. The number of rotatable bonds is 7. The number of amides is 1. The molecule has 2 rings (SSSR count). The van der Waals surface area contributed by atoms with Gasteiger partial charge in [0.2, 0.25) is 0 Å². The molecule has 0 radical (unpaired) electrons. The largest absolute Gasteiger partial charge is 0.497 e. The molecule has 0 atom stereocenters. The van der Waals surface area contributed by atoms with Crippen molar-refractivity contribution < 1.29 is 18.9 Å². The molecular formula is C14H14N4O5. The molecule has 0 spiro atoms. The third-order valence-electron chi connectivity index (χ3n) is 2.70. The van der Waals surface area contributed by atoms with Crippen molar-refractivity contribution in [2.24, 2.45) is 5.10 Å². The van der Waals surface area contributed by atoms with E-state index in [0.717, 1.165) is 5.69 Å². The Kier molecular flexibility index (Phi) is 5.29. The Morgan fingerprint density at radius 2 is 2.26 bits per heavy atom. The minimum absolute atomic E-state index is 0.00279. The highest BCUT2D eigenvalue weighted by Gasteiger charge is 2.10. The van der Waals surface area contributed by atoms with E-state index in [4.69, 9.17) is 9.15 Å². The van der Waals surface area contributed by atoms with Gasteiger partial charge in [-0.05, 0) is 18.2 Å². The minimum Gasteiger partial charge on any atom is -0.497 e. The summed E-state index contributed by atoms with van der Waals surface area (Å²) in [5, 5.41) is 17.0. The fraction of sp³-hybridized carbons (Fsp3) is 0.143. The second-order valence-electron chi connectivity index (χ2n) is 4.31. The molecule has 0 fully saturated rings. The highest BCUT2D eigenvalue weighted by Crippen LogP contribution is 2.16. The molecule has 0 bridgehead atoms. The number of benzene rings is 1. The minimum atomic E-state index is -0.659. The lowest BCUT2D eigenvalue weighted by atomic mass is 10.3. The second kappa shape index (κ2) is 7.59. The fourth-order valence-electron chi connectivity index (χ4n) is 1.63. The number of nitrogens with zero attached hydrogens (tertiary/aromatic N) is 2. The first kappa shape index (κ1) is 16.0. The normalized spacial score (nSPS) is 10.5. The fourth-order valence-corrected chi connectivity index (χ4v) is 1.63. The van der Waals surface area contributed by atoms with Crippen molar-refractivity contribution >= 4 is 23.7 Å². The van der Waals surface area contributed by atoms with Crippen LogP contribution in [-0.4, -0.2) is 30.7 Å². The molecule has 1 heterocycles. The highest BCUT2D eigenvalue weighted by atomic mass is 16.6. The van der Waals surface area contributed by atoms with E-state index in [1.807, 2.05) is 0 Å². The lowest BCUT2D eigenvalue weighted by molar-refractivity contribution is -0.402. The van der Waals surface area contributed by atoms with Crippen LogP contribution < -0.4 is 15.5 Å². The highest BCUT2D eigenvalue weighted by molar-refractivity contribution is 5.83. The van der Waals surface area contributed by atoms with E-state index in [2.05, 4.69) is 15.8 Å². The van der Waals surface area contributed by atoms with Gasteiger partial charge in [-0.15, -0.1) is 0 Å². The summed E-state index contributed by atoms with van der Waals surface area (Å²) in [7, 11) is 1.56. The van der Waals surface area contributed by atoms with E-state index in [0.29, 0.717) is 5.75 Å². The number of nitrogens with one attached hydrogen (secondary N) is 2. The Balaban J connectivity index is 1.80. The predicted octanol–water partition coefficient (Wildman–Crippen LogP) is 1.76. The van der Waals surface area contributed by atoms with Crippen molar-refractivity contribution in [3.05, 3.63) is 52.3 Å². The monoisotopic (exact) mass is 318 g/mol. The lowest BCUT2D eigenvalue weighted by Gasteiger charge is -2.06. The van der Waals surface area contributed by atoms with E-state index in [9.17, 15) is 14.9 Å². The van der Waals surface area contributed by atoms with Gasteiger partial charge >= 0.3 is 5.88 Å². The molecule has 0 aliphatic rings. The van der Waals surface area contributed by atoms with Gasteiger partial charge in [0.15, 0.2) is 5.76 Å². The molecule has 1 aromatic carbocycles. The smallest absolute Gasteiger partial charge is 0.433 e. The van der Waals surface area contributed by atoms with Gasteiger partial charge in [0, 0.05) is 11.8 Å². The van der Waals surface area contributed by atoms with Crippen LogP contribution in [0.25, 0.3) is 0 Å². The zero-order valence-electron chi connectivity index (χ0n) is 12.2. The molecule has 0 saturated heterocycles. The number of hydrazone groups is 1. The first-order chi connectivity index (χ1) is 11.1. The number of anilines is 1. The summed E-state index contributed by atoms with van der Waals surface area (Å²) in [6, 6.07) is 9.70. The van der Waals surface area contributed by atoms with Crippen LogP contribution in [0.15, 0.2) is 45.9 Å². The average Bonchev–Trinajstić information content (AvgIpc) is 3.02. The van der Waals surface area contributed by atoms with Crippen LogP contribution in [0.2, 0.25) is 0 Å². The molecule has 0 aliphatic heterocycles. The Morgan fingerprint density at radius 1 is 1.43 bits per heavy atom. The van der Waals surface area contributed by atoms with Crippen molar-refractivity contribution in [3.8, 4) is 5.75 Å². The third-order valence-corrected chi connectivity index (χ3v) is 2.70. The SMILES string of the molecule is COc1cccc(NCC(=O)N/N=C\c2ccc([N+](=O)[O-])o2)c1. The molecule has 0 saturated carbocycles. The lowest BCUT2D eigenvalue weighted by Crippen LogP contribution is -2.25. The number of hydrogen-bond acceptors (Lipinski definition) is 7. The summed E-state index contributed by atoms with van der Waals surface area (Å²) in [4.78, 5) is 21.4. The van der Waals surface area contributed by atoms with Gasteiger partial charge in [0.05, 0.1) is 25.9 Å². The maximum absolute atomic E-state index is 11.6. The van der Waals surface area contributed by atoms with Crippen molar-refractivity contribution in [3.63, 3.8) is 0 Å². The maximum atomic E-state index is 11.6. The van der Waals surface area contributed by atoms with E-state index >= 15 is 0 Å². The van der Waals surface area contributed by atoms with Gasteiger partial charge in [-0.25, -0.2) is 5.43 Å². The summed E-state index contributed by atoms with van der Waals surface area (Å²) in [6.45, 7) is 0.00279. The Bertz CT molecular complexity index is 725. The van der Waals surface area contributed by atoms with E-state index in [-0.39, 0.29) is 18.2 Å². The first-order valence-corrected chi connectivity index (χ1v) is 6.52. The van der Waals surface area contributed by atoms with Crippen LogP contribution in [0.4, 0.5) is 11.6 Å². The zero-order valence-corrected chi connectivity index (χ0v) is 12.2. The quantitative estimate of drug-likeness (QED) is 0.456. The van der Waals surface area contributed by atoms with Crippen LogP contribution in [0.1, 0.15) is 5.76 Å². The molecule has 9 heteroatoms. The van der Waals surface area contributed by atoms with Gasteiger partial charge in [-0.3, -0.25) is 14.9 Å². The Morgan fingerprint density at radius 3 is 2.96 bits per heavy atom. The van der Waals surface area contributed by atoms with Gasteiger partial charge in [-0.2, -0.15) is 5.10 Å². The van der Waals surface area contributed by atoms with Crippen LogP contribution in [0.3, 0.4) is 0 Å². The van der Waals surface area contributed by atoms with Crippen molar-refractivity contribution in [2.75, 3.05) is 19.0 Å². The number of hydrogen-bond donors (Lipinski definition) is 2. The molecule has 120 valence electrons. The van der Waals surface area contributed by atoms with Gasteiger partial charge < -0.3 is 14.5 Å². The third kappa shape index (κ3) is 4.84. The molecule has 1 amide bonds. The summed E-state index contributed by atoms with van der Waals surface area (Å²) < 4.78 is 9.92. The van der Waals surface area contributed by atoms with Crippen molar-refractivity contribution in [1.29, 1.82) is 0 Å². The van der Waals surface area contributed by atoms with E-state index in [1.165, 1.54) is 18.3 Å². The second-order valence-corrected chi connectivity index (χ2v) is 4.31. The molecular weight excluding hydrogens is 304 g/mol. The molecule has 1 aromatic heterocycles. The number of furan rings is 1. The van der Waals surface area contributed by atoms with Gasteiger partial charge in [0.25, 0.3) is 5.91 Å². The average molecular weight is 318 g/mol.